The third kappa shape index (κ3) is 5.12. The van der Waals surface area contributed by atoms with Gasteiger partial charge in [-0.3, -0.25) is 4.79 Å². The first-order valence-electron chi connectivity index (χ1n) is 9.88. The molecule has 0 bridgehead atoms. The van der Waals surface area contributed by atoms with Gasteiger partial charge in [0.05, 0.1) is 11.7 Å². The van der Waals surface area contributed by atoms with Crippen molar-refractivity contribution in [2.24, 2.45) is 5.41 Å². The summed E-state index contributed by atoms with van der Waals surface area (Å²) in [5.74, 6) is -1.06. The van der Waals surface area contributed by atoms with E-state index in [9.17, 15) is 14.7 Å². The molecule has 0 fully saturated rings. The number of hydrogen-bond donors (Lipinski definition) is 1. The molecule has 1 N–H and O–H groups in total. The van der Waals surface area contributed by atoms with Crippen LogP contribution in [0.2, 0.25) is 0 Å². The van der Waals surface area contributed by atoms with Crippen LogP contribution in [-0.4, -0.2) is 26.4 Å². The molecule has 1 atom stereocenters. The lowest BCUT2D eigenvalue weighted by atomic mass is 9.84. The first-order chi connectivity index (χ1) is 14.3. The molecular weight excluding hydrogens is 392 g/mol. The van der Waals surface area contributed by atoms with Gasteiger partial charge in [0.1, 0.15) is 6.29 Å². The van der Waals surface area contributed by atoms with Crippen LogP contribution < -0.4 is 10.4 Å². The maximum absolute atomic E-state index is 11.6. The third-order valence-corrected chi connectivity index (χ3v) is 7.45. The van der Waals surface area contributed by atoms with E-state index in [1.807, 2.05) is 36.4 Å². The maximum Gasteiger partial charge on any atom is 0.335 e. The van der Waals surface area contributed by atoms with E-state index in [4.69, 9.17) is 4.43 Å². The molecule has 3 aromatic carbocycles. The van der Waals surface area contributed by atoms with E-state index in [0.717, 1.165) is 10.4 Å². The monoisotopic (exact) mass is 418 g/mol. The second-order valence-corrected chi connectivity index (χ2v) is 10.8. The molecule has 0 radical (unpaired) electrons. The summed E-state index contributed by atoms with van der Waals surface area (Å²) in [5.41, 5.74) is 0.811. The van der Waals surface area contributed by atoms with Gasteiger partial charge < -0.3 is 9.53 Å². The summed E-state index contributed by atoms with van der Waals surface area (Å²) in [6.45, 7) is 6.19. The van der Waals surface area contributed by atoms with E-state index in [-0.39, 0.29) is 17.1 Å². The number of carbonyl (C=O) groups is 2. The number of hydrogen-bond acceptors (Lipinski definition) is 3. The van der Waals surface area contributed by atoms with Gasteiger partial charge in [-0.2, -0.15) is 0 Å². The van der Waals surface area contributed by atoms with Crippen molar-refractivity contribution >= 4 is 31.7 Å². The molecule has 5 heteroatoms. The van der Waals surface area contributed by atoms with Gasteiger partial charge in [-0.05, 0) is 39.6 Å². The largest absolute Gasteiger partial charge is 0.478 e. The average molecular weight is 419 g/mol. The highest BCUT2D eigenvalue weighted by Gasteiger charge is 2.32. The fraction of sp³-hybridized carbons (Fsp3) is 0.200. The Morgan fingerprint density at radius 2 is 1.47 bits per heavy atom. The third-order valence-electron chi connectivity index (χ3n) is 4.93. The lowest BCUT2D eigenvalue weighted by Crippen LogP contribution is -2.47. The van der Waals surface area contributed by atoms with E-state index < -0.39 is 15.0 Å². The van der Waals surface area contributed by atoms with Crippen molar-refractivity contribution in [2.75, 3.05) is 0 Å². The van der Waals surface area contributed by atoms with E-state index in [1.165, 1.54) is 6.07 Å². The summed E-state index contributed by atoms with van der Waals surface area (Å²) in [7, 11) is -2.08. The van der Waals surface area contributed by atoms with Crippen LogP contribution in [-0.2, 0) is 4.43 Å². The van der Waals surface area contributed by atoms with Crippen molar-refractivity contribution in [1.29, 1.82) is 0 Å². The SMILES string of the molecule is CC(C)(C)C(O[SiH](c1ccccc1)c1ccccc1)c1cc(C=O)cc(C(=O)O)c1. The Morgan fingerprint density at radius 3 is 1.90 bits per heavy atom. The molecule has 0 aliphatic carbocycles. The molecular formula is C25H26O4Si. The molecule has 4 nitrogen and oxygen atoms in total. The number of benzene rings is 3. The lowest BCUT2D eigenvalue weighted by Gasteiger charge is -2.35. The van der Waals surface area contributed by atoms with Crippen LogP contribution in [0.3, 0.4) is 0 Å². The molecule has 0 aromatic heterocycles. The van der Waals surface area contributed by atoms with Crippen LogP contribution in [0.15, 0.2) is 78.9 Å². The standard InChI is InChI=1S/C25H26O4Si/c1-25(2,3)23(19-14-18(17-26)15-20(16-19)24(27)28)29-30(21-10-6-4-7-11-21)22-12-8-5-9-13-22/h4-17,23,30H,1-3H3,(H,27,28). The van der Waals surface area contributed by atoms with Gasteiger partial charge in [0, 0.05) is 5.56 Å². The van der Waals surface area contributed by atoms with Crippen LogP contribution in [0.4, 0.5) is 0 Å². The molecule has 0 saturated heterocycles. The zero-order valence-corrected chi connectivity index (χ0v) is 18.6. The van der Waals surface area contributed by atoms with Crippen LogP contribution in [0.25, 0.3) is 0 Å². The summed E-state index contributed by atoms with van der Waals surface area (Å²) >= 11 is 0. The second kappa shape index (κ2) is 9.20. The summed E-state index contributed by atoms with van der Waals surface area (Å²) in [4.78, 5) is 23.1. The van der Waals surface area contributed by atoms with Gasteiger partial charge in [-0.25, -0.2) is 4.79 Å². The molecule has 0 spiro atoms. The molecule has 1 unspecified atom stereocenters. The molecule has 3 aromatic rings. The highest BCUT2D eigenvalue weighted by Crippen LogP contribution is 2.37. The number of rotatable bonds is 7. The van der Waals surface area contributed by atoms with Crippen LogP contribution >= 0.6 is 0 Å². The van der Waals surface area contributed by atoms with Crippen molar-refractivity contribution in [1.82, 2.24) is 0 Å². The Hall–Kier alpha value is -3.02. The van der Waals surface area contributed by atoms with Crippen molar-refractivity contribution < 1.29 is 19.1 Å². The Balaban J connectivity index is 2.11. The Labute approximate surface area is 178 Å². The molecule has 0 amide bonds. The number of aromatic carboxylic acids is 1. The summed E-state index contributed by atoms with van der Waals surface area (Å²) in [5, 5.41) is 11.8. The fourth-order valence-electron chi connectivity index (χ4n) is 3.54. The van der Waals surface area contributed by atoms with Crippen molar-refractivity contribution in [3.8, 4) is 0 Å². The number of aldehydes is 1. The fourth-order valence-corrected chi connectivity index (χ4v) is 6.22. The highest BCUT2D eigenvalue weighted by molar-refractivity contribution is 6.80. The molecule has 154 valence electrons. The van der Waals surface area contributed by atoms with Gasteiger partial charge in [-0.15, -0.1) is 0 Å². The summed E-state index contributed by atoms with van der Waals surface area (Å²) in [6.07, 6.45) is 0.298. The Morgan fingerprint density at radius 1 is 0.933 bits per heavy atom. The van der Waals surface area contributed by atoms with Crippen LogP contribution in [0, 0.1) is 5.41 Å². The molecule has 30 heavy (non-hydrogen) atoms. The number of carboxylic acids is 1. The Bertz CT molecular complexity index is 971. The van der Waals surface area contributed by atoms with E-state index >= 15 is 0 Å². The first kappa shape index (κ1) is 21.7. The van der Waals surface area contributed by atoms with E-state index in [2.05, 4.69) is 45.0 Å². The highest BCUT2D eigenvalue weighted by atomic mass is 28.3. The van der Waals surface area contributed by atoms with Gasteiger partial charge in [-0.1, -0.05) is 81.4 Å². The predicted molar refractivity (Wildman–Crippen MR) is 121 cm³/mol. The molecule has 0 aliphatic rings. The van der Waals surface area contributed by atoms with Crippen molar-refractivity contribution in [2.45, 2.75) is 26.9 Å². The van der Waals surface area contributed by atoms with Crippen LogP contribution in [0.5, 0.6) is 0 Å². The lowest BCUT2D eigenvalue weighted by molar-refractivity contribution is 0.0694. The van der Waals surface area contributed by atoms with Gasteiger partial charge in [0.25, 0.3) is 0 Å². The summed E-state index contributed by atoms with van der Waals surface area (Å²) in [6, 6.07) is 25.0. The van der Waals surface area contributed by atoms with Gasteiger partial charge in [0.2, 0.25) is 9.04 Å². The normalized spacial score (nSPS) is 12.5. The van der Waals surface area contributed by atoms with Crippen molar-refractivity contribution in [3.05, 3.63) is 95.6 Å². The van der Waals surface area contributed by atoms with Gasteiger partial charge in [0.15, 0.2) is 0 Å². The zero-order valence-electron chi connectivity index (χ0n) is 17.4. The topological polar surface area (TPSA) is 63.6 Å². The first-order valence-corrected chi connectivity index (χ1v) is 11.5. The average Bonchev–Trinajstić information content (AvgIpc) is 2.74. The number of carbonyl (C=O) groups excluding carboxylic acids is 1. The second-order valence-electron chi connectivity index (χ2n) is 8.39. The van der Waals surface area contributed by atoms with Crippen LogP contribution in [0.1, 0.15) is 53.2 Å². The van der Waals surface area contributed by atoms with Gasteiger partial charge >= 0.3 is 5.97 Å². The Kier molecular flexibility index (Phi) is 6.65. The molecule has 0 heterocycles. The minimum absolute atomic E-state index is 0.0880. The minimum Gasteiger partial charge on any atom is -0.478 e. The smallest absolute Gasteiger partial charge is 0.335 e. The minimum atomic E-state index is -2.08. The zero-order chi connectivity index (χ0) is 21.7. The van der Waals surface area contributed by atoms with E-state index in [1.54, 1.807) is 12.1 Å². The summed E-state index contributed by atoms with van der Waals surface area (Å²) < 4.78 is 6.84. The molecule has 3 rings (SSSR count). The molecule has 0 saturated carbocycles. The quantitative estimate of drug-likeness (QED) is 0.468. The molecule has 0 aliphatic heterocycles. The predicted octanol–water partition coefficient (Wildman–Crippen LogP) is 3.84. The number of carboxylic acid groups (broad SMARTS) is 1. The maximum atomic E-state index is 11.6. The van der Waals surface area contributed by atoms with E-state index in [0.29, 0.717) is 17.4 Å². The van der Waals surface area contributed by atoms with Crippen molar-refractivity contribution in [3.63, 3.8) is 0 Å².